The van der Waals surface area contributed by atoms with Crippen LogP contribution in [0.4, 0.5) is 0 Å². The highest BCUT2D eigenvalue weighted by molar-refractivity contribution is 5.95. The summed E-state index contributed by atoms with van der Waals surface area (Å²) >= 11 is 0. The molecule has 0 atom stereocenters. The second-order valence-corrected chi connectivity index (χ2v) is 4.18. The summed E-state index contributed by atoms with van der Waals surface area (Å²) in [5.74, 6) is -1.43. The molecule has 108 valence electrons. The third-order valence-corrected chi connectivity index (χ3v) is 2.55. The monoisotopic (exact) mass is 288 g/mol. The fourth-order valence-corrected chi connectivity index (χ4v) is 1.59. The molecule has 0 aliphatic heterocycles. The average molecular weight is 288 g/mol. The van der Waals surface area contributed by atoms with Crippen LogP contribution < -0.4 is 5.43 Å². The van der Waals surface area contributed by atoms with E-state index in [1.807, 2.05) is 0 Å². The highest BCUT2D eigenvalue weighted by Gasteiger charge is 2.07. The van der Waals surface area contributed by atoms with Crippen LogP contribution in [0.1, 0.15) is 15.9 Å². The summed E-state index contributed by atoms with van der Waals surface area (Å²) in [5.41, 5.74) is 2.50. The molecule has 7 nitrogen and oxygen atoms in total. The minimum absolute atomic E-state index is 0.0274. The normalized spacial score (nSPS) is 10.7. The molecule has 2 rings (SSSR count). The molecule has 0 radical (unpaired) electrons. The van der Waals surface area contributed by atoms with Gasteiger partial charge in [0.2, 0.25) is 0 Å². The predicted molar refractivity (Wildman–Crippen MR) is 74.6 cm³/mol. The Bertz CT molecular complexity index is 692. The molecule has 0 aliphatic rings. The number of benzene rings is 2. The third-order valence-electron chi connectivity index (χ3n) is 2.55. The molecule has 0 heterocycles. The summed E-state index contributed by atoms with van der Waals surface area (Å²) in [4.78, 5) is 11.7. The van der Waals surface area contributed by atoms with Gasteiger partial charge in [-0.3, -0.25) is 4.79 Å². The highest BCUT2D eigenvalue weighted by atomic mass is 16.3. The maximum atomic E-state index is 11.7. The molecule has 1 amide bonds. The highest BCUT2D eigenvalue weighted by Crippen LogP contribution is 2.21. The van der Waals surface area contributed by atoms with Crippen LogP contribution >= 0.6 is 0 Å². The number of hydrogen-bond donors (Lipinski definition) is 5. The van der Waals surface area contributed by atoms with Gasteiger partial charge in [-0.15, -0.1) is 0 Å². The third kappa shape index (κ3) is 3.63. The fourth-order valence-electron chi connectivity index (χ4n) is 1.59. The lowest BCUT2D eigenvalue weighted by molar-refractivity contribution is 0.0954. The number of rotatable bonds is 3. The average Bonchev–Trinajstić information content (AvgIpc) is 2.40. The number of carbonyl (C=O) groups is 1. The maximum Gasteiger partial charge on any atom is 0.271 e. The first-order valence-electron chi connectivity index (χ1n) is 5.84. The van der Waals surface area contributed by atoms with Gasteiger partial charge in [0, 0.05) is 23.3 Å². The Morgan fingerprint density at radius 1 is 0.952 bits per heavy atom. The van der Waals surface area contributed by atoms with Crippen LogP contribution in [-0.2, 0) is 0 Å². The van der Waals surface area contributed by atoms with Gasteiger partial charge in [0.1, 0.15) is 23.0 Å². The minimum Gasteiger partial charge on any atom is -0.508 e. The van der Waals surface area contributed by atoms with E-state index in [-0.39, 0.29) is 28.6 Å². The van der Waals surface area contributed by atoms with Crippen molar-refractivity contribution >= 4 is 12.1 Å². The van der Waals surface area contributed by atoms with Crippen LogP contribution in [-0.4, -0.2) is 32.5 Å². The standard InChI is InChI=1S/C14H12N2O5/c17-10-2-1-8(13(20)6-10)7-15-16-14(21)9-3-11(18)5-12(19)4-9/h1-7,17-20H,(H,16,21). The molecule has 0 fully saturated rings. The van der Waals surface area contributed by atoms with Crippen molar-refractivity contribution in [2.24, 2.45) is 5.10 Å². The van der Waals surface area contributed by atoms with Gasteiger partial charge in [-0.25, -0.2) is 5.43 Å². The number of nitrogens with zero attached hydrogens (tertiary/aromatic N) is 1. The van der Waals surface area contributed by atoms with E-state index >= 15 is 0 Å². The lowest BCUT2D eigenvalue weighted by atomic mass is 10.2. The Hall–Kier alpha value is -3.22. The zero-order valence-corrected chi connectivity index (χ0v) is 10.7. The molecule has 2 aromatic rings. The summed E-state index contributed by atoms with van der Waals surface area (Å²) < 4.78 is 0. The molecular weight excluding hydrogens is 276 g/mol. The van der Waals surface area contributed by atoms with Crippen LogP contribution in [0.5, 0.6) is 23.0 Å². The van der Waals surface area contributed by atoms with Gasteiger partial charge in [-0.05, 0) is 24.3 Å². The number of aromatic hydroxyl groups is 4. The van der Waals surface area contributed by atoms with Crippen molar-refractivity contribution in [3.05, 3.63) is 47.5 Å². The quantitative estimate of drug-likeness (QED) is 0.430. The van der Waals surface area contributed by atoms with Crippen molar-refractivity contribution in [2.75, 3.05) is 0 Å². The second kappa shape index (κ2) is 5.83. The van der Waals surface area contributed by atoms with Gasteiger partial charge in [0.05, 0.1) is 6.21 Å². The Morgan fingerprint density at radius 2 is 1.62 bits per heavy atom. The Kier molecular flexibility index (Phi) is 3.94. The predicted octanol–water partition coefficient (Wildman–Crippen LogP) is 1.27. The first-order chi connectivity index (χ1) is 9.95. The fraction of sp³-hybridized carbons (Fsp3) is 0. The summed E-state index contributed by atoms with van der Waals surface area (Å²) in [7, 11) is 0. The van der Waals surface area contributed by atoms with E-state index in [0.29, 0.717) is 5.56 Å². The van der Waals surface area contributed by atoms with Crippen LogP contribution in [0.2, 0.25) is 0 Å². The number of hydrogen-bond acceptors (Lipinski definition) is 6. The van der Waals surface area contributed by atoms with E-state index in [0.717, 1.165) is 12.1 Å². The summed E-state index contributed by atoms with van der Waals surface area (Å²) in [6.07, 6.45) is 1.19. The van der Waals surface area contributed by atoms with E-state index in [1.54, 1.807) is 0 Å². The van der Waals surface area contributed by atoms with E-state index in [1.165, 1.54) is 30.5 Å². The molecule has 0 aromatic heterocycles. The number of carbonyl (C=O) groups excluding carboxylic acids is 1. The maximum absolute atomic E-state index is 11.7. The first-order valence-corrected chi connectivity index (χ1v) is 5.84. The molecule has 5 N–H and O–H groups in total. The lowest BCUT2D eigenvalue weighted by Gasteiger charge is -2.02. The zero-order chi connectivity index (χ0) is 15.4. The van der Waals surface area contributed by atoms with Crippen molar-refractivity contribution in [3.63, 3.8) is 0 Å². The second-order valence-electron chi connectivity index (χ2n) is 4.18. The molecule has 2 aromatic carbocycles. The Morgan fingerprint density at radius 3 is 2.24 bits per heavy atom. The van der Waals surface area contributed by atoms with E-state index < -0.39 is 5.91 Å². The molecule has 0 aliphatic carbocycles. The minimum atomic E-state index is -0.643. The largest absolute Gasteiger partial charge is 0.508 e. The van der Waals surface area contributed by atoms with Gasteiger partial charge in [-0.2, -0.15) is 5.10 Å². The summed E-state index contributed by atoms with van der Waals surface area (Å²) in [6.45, 7) is 0. The molecule has 0 spiro atoms. The first kappa shape index (κ1) is 14.2. The number of amides is 1. The Labute approximate surface area is 119 Å². The lowest BCUT2D eigenvalue weighted by Crippen LogP contribution is -2.17. The molecule has 21 heavy (non-hydrogen) atoms. The van der Waals surface area contributed by atoms with Crippen molar-refractivity contribution in [1.82, 2.24) is 5.43 Å². The number of phenolic OH excluding ortho intramolecular Hbond substituents is 4. The van der Waals surface area contributed by atoms with Gasteiger partial charge in [0.15, 0.2) is 0 Å². The molecule has 0 saturated carbocycles. The van der Waals surface area contributed by atoms with Gasteiger partial charge in [-0.1, -0.05) is 0 Å². The van der Waals surface area contributed by atoms with Crippen LogP contribution in [0, 0.1) is 0 Å². The van der Waals surface area contributed by atoms with Crippen molar-refractivity contribution in [1.29, 1.82) is 0 Å². The van der Waals surface area contributed by atoms with Crippen molar-refractivity contribution in [2.45, 2.75) is 0 Å². The molecule has 7 heteroatoms. The van der Waals surface area contributed by atoms with Crippen molar-refractivity contribution in [3.8, 4) is 23.0 Å². The van der Waals surface area contributed by atoms with Gasteiger partial charge < -0.3 is 20.4 Å². The van der Waals surface area contributed by atoms with E-state index in [2.05, 4.69) is 10.5 Å². The molecule has 0 bridgehead atoms. The topological polar surface area (TPSA) is 122 Å². The SMILES string of the molecule is O=C(NN=Cc1ccc(O)cc1O)c1cc(O)cc(O)c1. The van der Waals surface area contributed by atoms with Crippen LogP contribution in [0.3, 0.4) is 0 Å². The number of phenols is 4. The zero-order valence-electron chi connectivity index (χ0n) is 10.7. The molecular formula is C14H12N2O5. The summed E-state index contributed by atoms with van der Waals surface area (Å²) in [6, 6.07) is 7.34. The molecule has 0 saturated heterocycles. The smallest absolute Gasteiger partial charge is 0.271 e. The molecule has 0 unspecified atom stereocenters. The van der Waals surface area contributed by atoms with E-state index in [4.69, 9.17) is 5.11 Å². The van der Waals surface area contributed by atoms with Crippen LogP contribution in [0.25, 0.3) is 0 Å². The summed E-state index contributed by atoms with van der Waals surface area (Å²) in [5, 5.41) is 40.8. The van der Waals surface area contributed by atoms with E-state index in [9.17, 15) is 20.1 Å². The van der Waals surface area contributed by atoms with Crippen molar-refractivity contribution < 1.29 is 25.2 Å². The van der Waals surface area contributed by atoms with Gasteiger partial charge >= 0.3 is 0 Å². The van der Waals surface area contributed by atoms with Gasteiger partial charge in [0.25, 0.3) is 5.91 Å². The number of hydrazone groups is 1. The number of nitrogens with one attached hydrogen (secondary N) is 1. The Balaban J connectivity index is 2.08. The van der Waals surface area contributed by atoms with Crippen LogP contribution in [0.15, 0.2) is 41.5 Å².